The van der Waals surface area contributed by atoms with E-state index in [0.29, 0.717) is 17.4 Å². The second-order valence-electron chi connectivity index (χ2n) is 6.95. The fourth-order valence-corrected chi connectivity index (χ4v) is 4.19. The fraction of sp³-hybridized carbons (Fsp3) is 0.238. The Kier molecular flexibility index (Phi) is 7.65. The molecule has 0 aliphatic rings. The van der Waals surface area contributed by atoms with E-state index < -0.39 is 44.8 Å². The third-order valence-corrected chi connectivity index (χ3v) is 6.01. The molecule has 0 bridgehead atoms. The molecule has 0 aromatic heterocycles. The van der Waals surface area contributed by atoms with E-state index in [2.05, 4.69) is 5.32 Å². The number of carboxylic acids is 1. The lowest BCUT2D eigenvalue weighted by Gasteiger charge is -2.11. The summed E-state index contributed by atoms with van der Waals surface area (Å²) in [6.07, 6.45) is 0.342. The van der Waals surface area contributed by atoms with Gasteiger partial charge in [0.25, 0.3) is 0 Å². The number of aromatic carboxylic acids is 1. The maximum absolute atomic E-state index is 12.6. The van der Waals surface area contributed by atoms with Gasteiger partial charge in [-0.15, -0.1) is 0 Å². The summed E-state index contributed by atoms with van der Waals surface area (Å²) in [5.74, 6) is -3.07. The van der Waals surface area contributed by atoms with Crippen molar-refractivity contribution in [3.05, 3.63) is 59.2 Å². The standard InChI is InChI=1S/C21H21NO8S/c1-13(24)8-16(11-23)22-20(26)9-14-2-4-15(5-3-14)12-31(29,30)17-6-7-19(25)18(10-17)21(27)28/h2-7,10-11,16,25H,8-9,12H2,1H3,(H,22,26)(H,27,28)/t16-/m0/s1. The maximum Gasteiger partial charge on any atom is 0.339 e. The van der Waals surface area contributed by atoms with Gasteiger partial charge in [0.05, 0.1) is 23.1 Å². The van der Waals surface area contributed by atoms with E-state index in [4.69, 9.17) is 5.11 Å². The Balaban J connectivity index is 2.07. The Hall–Kier alpha value is -3.53. The molecule has 164 valence electrons. The lowest BCUT2D eigenvalue weighted by Crippen LogP contribution is -2.38. The Bertz CT molecular complexity index is 1110. The van der Waals surface area contributed by atoms with E-state index in [-0.39, 0.29) is 23.5 Å². The fourth-order valence-electron chi connectivity index (χ4n) is 2.82. The van der Waals surface area contributed by atoms with Crippen molar-refractivity contribution >= 4 is 33.8 Å². The zero-order chi connectivity index (χ0) is 23.2. The lowest BCUT2D eigenvalue weighted by molar-refractivity contribution is -0.125. The van der Waals surface area contributed by atoms with Crippen molar-refractivity contribution in [3.8, 4) is 5.75 Å². The summed E-state index contributed by atoms with van der Waals surface area (Å²) in [4.78, 5) is 44.9. The second-order valence-corrected chi connectivity index (χ2v) is 8.94. The molecular weight excluding hydrogens is 426 g/mol. The number of benzene rings is 2. The van der Waals surface area contributed by atoms with Gasteiger partial charge in [-0.1, -0.05) is 24.3 Å². The van der Waals surface area contributed by atoms with Gasteiger partial charge in [-0.05, 0) is 36.2 Å². The number of carbonyl (C=O) groups excluding carboxylic acids is 3. The predicted molar refractivity (Wildman–Crippen MR) is 109 cm³/mol. The number of ketones is 1. The molecule has 2 aromatic rings. The van der Waals surface area contributed by atoms with E-state index in [0.717, 1.165) is 18.2 Å². The predicted octanol–water partition coefficient (Wildman–Crippen LogP) is 1.27. The first-order valence-corrected chi connectivity index (χ1v) is 10.8. The van der Waals surface area contributed by atoms with E-state index in [1.165, 1.54) is 19.1 Å². The first kappa shape index (κ1) is 23.7. The monoisotopic (exact) mass is 447 g/mol. The molecule has 0 saturated carbocycles. The number of phenols is 1. The van der Waals surface area contributed by atoms with Crippen LogP contribution in [0.4, 0.5) is 0 Å². The number of sulfone groups is 1. The van der Waals surface area contributed by atoms with Crippen LogP contribution in [0.3, 0.4) is 0 Å². The average Bonchev–Trinajstić information content (AvgIpc) is 2.68. The zero-order valence-corrected chi connectivity index (χ0v) is 17.4. The number of Topliss-reactive ketones (excluding diaryl/α,β-unsaturated/α-hetero) is 1. The minimum absolute atomic E-state index is 0.0603. The highest BCUT2D eigenvalue weighted by Gasteiger charge is 2.20. The second kappa shape index (κ2) is 9.98. The Morgan fingerprint density at radius 2 is 1.68 bits per heavy atom. The average molecular weight is 447 g/mol. The molecule has 1 amide bonds. The van der Waals surface area contributed by atoms with Gasteiger partial charge in [0.1, 0.15) is 23.4 Å². The quantitative estimate of drug-likeness (QED) is 0.460. The molecule has 0 saturated heterocycles. The molecule has 10 heteroatoms. The molecule has 0 unspecified atom stereocenters. The molecule has 3 N–H and O–H groups in total. The number of nitrogens with one attached hydrogen (secondary N) is 1. The van der Waals surface area contributed by atoms with Crippen LogP contribution in [0.2, 0.25) is 0 Å². The summed E-state index contributed by atoms with van der Waals surface area (Å²) in [7, 11) is -3.88. The SMILES string of the molecule is CC(=O)C[C@@H](C=O)NC(=O)Cc1ccc(CS(=O)(=O)c2ccc(O)c(C(=O)O)c2)cc1. The van der Waals surface area contributed by atoms with Crippen LogP contribution in [0.25, 0.3) is 0 Å². The van der Waals surface area contributed by atoms with Gasteiger partial charge in [-0.2, -0.15) is 0 Å². The highest BCUT2D eigenvalue weighted by atomic mass is 32.2. The summed E-state index contributed by atoms with van der Waals surface area (Å²) in [6.45, 7) is 1.32. The molecule has 0 radical (unpaired) electrons. The van der Waals surface area contributed by atoms with Crippen molar-refractivity contribution in [1.29, 1.82) is 0 Å². The van der Waals surface area contributed by atoms with Gasteiger partial charge >= 0.3 is 5.97 Å². The number of carboxylic acid groups (broad SMARTS) is 1. The van der Waals surface area contributed by atoms with E-state index in [1.807, 2.05) is 0 Å². The van der Waals surface area contributed by atoms with Gasteiger partial charge in [0, 0.05) is 6.42 Å². The van der Waals surface area contributed by atoms with Crippen molar-refractivity contribution in [3.63, 3.8) is 0 Å². The first-order chi connectivity index (χ1) is 14.5. The van der Waals surface area contributed by atoms with Crippen LogP contribution < -0.4 is 5.32 Å². The number of aldehydes is 1. The van der Waals surface area contributed by atoms with Crippen molar-refractivity contribution in [2.45, 2.75) is 36.5 Å². The number of amides is 1. The summed E-state index contributed by atoms with van der Waals surface area (Å²) >= 11 is 0. The Morgan fingerprint density at radius 1 is 1.06 bits per heavy atom. The summed E-state index contributed by atoms with van der Waals surface area (Å²) < 4.78 is 25.2. The first-order valence-electron chi connectivity index (χ1n) is 9.13. The summed E-state index contributed by atoms with van der Waals surface area (Å²) in [6, 6.07) is 8.30. The van der Waals surface area contributed by atoms with Crippen LogP contribution >= 0.6 is 0 Å². The molecule has 1 atom stereocenters. The summed E-state index contributed by atoms with van der Waals surface area (Å²) in [5, 5.41) is 21.0. The van der Waals surface area contributed by atoms with Crippen LogP contribution in [-0.4, -0.2) is 48.6 Å². The van der Waals surface area contributed by atoms with E-state index in [1.54, 1.807) is 12.1 Å². The molecule has 2 aromatic carbocycles. The lowest BCUT2D eigenvalue weighted by atomic mass is 10.1. The van der Waals surface area contributed by atoms with Crippen molar-refractivity contribution in [1.82, 2.24) is 5.32 Å². The number of hydrogen-bond donors (Lipinski definition) is 3. The van der Waals surface area contributed by atoms with Gasteiger partial charge in [0.2, 0.25) is 5.91 Å². The smallest absolute Gasteiger partial charge is 0.339 e. The Morgan fingerprint density at radius 3 is 2.23 bits per heavy atom. The molecule has 2 rings (SSSR count). The highest BCUT2D eigenvalue weighted by molar-refractivity contribution is 7.90. The largest absolute Gasteiger partial charge is 0.507 e. The van der Waals surface area contributed by atoms with Crippen LogP contribution in [0.15, 0.2) is 47.4 Å². The van der Waals surface area contributed by atoms with Crippen molar-refractivity contribution < 1.29 is 37.8 Å². The topological polar surface area (TPSA) is 155 Å². The van der Waals surface area contributed by atoms with Gasteiger partial charge in [-0.25, -0.2) is 13.2 Å². The molecular formula is C21H21NO8S. The van der Waals surface area contributed by atoms with Crippen LogP contribution in [0.1, 0.15) is 34.8 Å². The third-order valence-electron chi connectivity index (χ3n) is 4.32. The number of rotatable bonds is 10. The van der Waals surface area contributed by atoms with Gasteiger partial charge < -0.3 is 20.3 Å². The molecule has 0 spiro atoms. The molecule has 31 heavy (non-hydrogen) atoms. The number of carbonyl (C=O) groups is 4. The normalized spacial score (nSPS) is 12.0. The van der Waals surface area contributed by atoms with Crippen molar-refractivity contribution in [2.24, 2.45) is 0 Å². The minimum atomic E-state index is -3.88. The number of hydrogen-bond acceptors (Lipinski definition) is 7. The van der Waals surface area contributed by atoms with Crippen LogP contribution in [0, 0.1) is 0 Å². The van der Waals surface area contributed by atoms with Crippen molar-refractivity contribution in [2.75, 3.05) is 0 Å². The van der Waals surface area contributed by atoms with Crippen LogP contribution in [0.5, 0.6) is 5.75 Å². The zero-order valence-electron chi connectivity index (χ0n) is 16.6. The molecule has 0 fully saturated rings. The minimum Gasteiger partial charge on any atom is -0.507 e. The third kappa shape index (κ3) is 6.75. The maximum atomic E-state index is 12.6. The molecule has 0 heterocycles. The molecule has 0 aliphatic carbocycles. The number of aromatic hydroxyl groups is 1. The van der Waals surface area contributed by atoms with E-state index in [9.17, 15) is 32.7 Å². The van der Waals surface area contributed by atoms with E-state index >= 15 is 0 Å². The Labute approximate surface area is 178 Å². The van der Waals surface area contributed by atoms with Crippen LogP contribution in [-0.2, 0) is 36.4 Å². The van der Waals surface area contributed by atoms with Gasteiger partial charge in [0.15, 0.2) is 9.84 Å². The molecule has 9 nitrogen and oxygen atoms in total. The summed E-state index contributed by atoms with van der Waals surface area (Å²) in [5.41, 5.74) is 0.473. The van der Waals surface area contributed by atoms with Gasteiger partial charge in [-0.3, -0.25) is 9.59 Å². The highest BCUT2D eigenvalue weighted by Crippen LogP contribution is 2.24. The molecule has 0 aliphatic heterocycles.